The van der Waals surface area contributed by atoms with Crippen molar-refractivity contribution < 1.29 is 0 Å². The van der Waals surface area contributed by atoms with Crippen molar-refractivity contribution in [3.63, 3.8) is 0 Å². The zero-order chi connectivity index (χ0) is 9.26. The summed E-state index contributed by atoms with van der Waals surface area (Å²) in [6.45, 7) is 7.68. The highest BCUT2D eigenvalue weighted by Crippen LogP contribution is 2.22. The predicted octanol–water partition coefficient (Wildman–Crippen LogP) is 1.42. The van der Waals surface area contributed by atoms with E-state index in [-0.39, 0.29) is 0 Å². The molecule has 2 unspecified atom stereocenters. The van der Waals surface area contributed by atoms with E-state index in [0.29, 0.717) is 0 Å². The van der Waals surface area contributed by atoms with Crippen molar-refractivity contribution in [1.29, 1.82) is 0 Å². The molecule has 0 saturated carbocycles. The summed E-state index contributed by atoms with van der Waals surface area (Å²) in [6, 6.07) is 0.858. The molecule has 2 heteroatoms. The number of piperidine rings is 1. The summed E-state index contributed by atoms with van der Waals surface area (Å²) in [5.74, 6) is 0.893. The van der Waals surface area contributed by atoms with Gasteiger partial charge in [0.25, 0.3) is 0 Å². The highest BCUT2D eigenvalue weighted by atomic mass is 15.2. The van der Waals surface area contributed by atoms with Crippen molar-refractivity contribution in [2.24, 2.45) is 5.92 Å². The molecule has 2 nitrogen and oxygen atoms in total. The first kappa shape index (κ1) is 9.47. The first-order chi connectivity index (χ1) is 6.25. The van der Waals surface area contributed by atoms with Crippen LogP contribution in [0.15, 0.2) is 0 Å². The lowest BCUT2D eigenvalue weighted by molar-refractivity contribution is 0.103. The van der Waals surface area contributed by atoms with Crippen molar-refractivity contribution in [2.75, 3.05) is 33.2 Å². The molecule has 0 aromatic carbocycles. The molecule has 2 atom stereocenters. The van der Waals surface area contributed by atoms with E-state index in [4.69, 9.17) is 0 Å². The summed E-state index contributed by atoms with van der Waals surface area (Å²) in [7, 11) is 2.26. The Morgan fingerprint density at radius 3 is 2.38 bits per heavy atom. The second kappa shape index (κ2) is 3.97. The van der Waals surface area contributed by atoms with Gasteiger partial charge in [-0.15, -0.1) is 0 Å². The molecule has 13 heavy (non-hydrogen) atoms. The van der Waals surface area contributed by atoms with Crippen molar-refractivity contribution in [1.82, 2.24) is 9.80 Å². The number of nitrogens with zero attached hydrogens (tertiary/aromatic N) is 2. The lowest BCUT2D eigenvalue weighted by atomic mass is 9.95. The van der Waals surface area contributed by atoms with E-state index >= 15 is 0 Å². The Kier molecular flexibility index (Phi) is 2.89. The zero-order valence-corrected chi connectivity index (χ0v) is 9.00. The minimum Gasteiger partial charge on any atom is -0.305 e. The number of likely N-dealkylation sites (tertiary alicyclic amines) is 2. The van der Waals surface area contributed by atoms with Crippen molar-refractivity contribution in [2.45, 2.75) is 32.2 Å². The van der Waals surface area contributed by atoms with E-state index in [1.165, 1.54) is 45.4 Å². The summed E-state index contributed by atoms with van der Waals surface area (Å²) in [6.07, 6.45) is 4.27. The van der Waals surface area contributed by atoms with Gasteiger partial charge in [0.2, 0.25) is 0 Å². The molecular weight excluding hydrogens is 160 g/mol. The van der Waals surface area contributed by atoms with E-state index in [0.717, 1.165) is 12.0 Å². The largest absolute Gasteiger partial charge is 0.305 e. The Balaban J connectivity index is 1.90. The molecular formula is C11H22N2. The van der Waals surface area contributed by atoms with Crippen LogP contribution in [-0.2, 0) is 0 Å². The van der Waals surface area contributed by atoms with E-state index in [1.807, 2.05) is 0 Å². The number of rotatable bonds is 1. The SMILES string of the molecule is CC1CC(N2CCCC2)CN(C)C1. The molecule has 0 N–H and O–H groups in total. The van der Waals surface area contributed by atoms with E-state index in [2.05, 4.69) is 23.8 Å². The van der Waals surface area contributed by atoms with Gasteiger partial charge in [0, 0.05) is 19.1 Å². The van der Waals surface area contributed by atoms with Crippen LogP contribution in [0.1, 0.15) is 26.2 Å². The maximum Gasteiger partial charge on any atom is 0.0226 e. The molecule has 0 aliphatic carbocycles. The van der Waals surface area contributed by atoms with Crippen LogP contribution < -0.4 is 0 Å². The van der Waals surface area contributed by atoms with E-state index in [1.54, 1.807) is 0 Å². The van der Waals surface area contributed by atoms with Crippen molar-refractivity contribution in [3.8, 4) is 0 Å². The fourth-order valence-electron chi connectivity index (χ4n) is 2.95. The molecule has 0 amide bonds. The van der Waals surface area contributed by atoms with Crippen molar-refractivity contribution in [3.05, 3.63) is 0 Å². The van der Waals surface area contributed by atoms with Gasteiger partial charge in [0.15, 0.2) is 0 Å². The number of hydrogen-bond acceptors (Lipinski definition) is 2. The Bertz CT molecular complexity index is 153. The van der Waals surface area contributed by atoms with Gasteiger partial charge in [0.1, 0.15) is 0 Å². The van der Waals surface area contributed by atoms with Gasteiger partial charge in [0.05, 0.1) is 0 Å². The van der Waals surface area contributed by atoms with Crippen LogP contribution in [0.3, 0.4) is 0 Å². The molecule has 76 valence electrons. The molecule has 2 aliphatic rings. The Morgan fingerprint density at radius 1 is 1.08 bits per heavy atom. The fourth-order valence-corrected chi connectivity index (χ4v) is 2.95. The van der Waals surface area contributed by atoms with Gasteiger partial charge in [-0.2, -0.15) is 0 Å². The highest BCUT2D eigenvalue weighted by molar-refractivity contribution is 4.84. The fraction of sp³-hybridized carbons (Fsp3) is 1.00. The maximum atomic E-state index is 2.70. The van der Waals surface area contributed by atoms with Gasteiger partial charge < -0.3 is 4.90 Å². The molecule has 0 radical (unpaired) electrons. The topological polar surface area (TPSA) is 6.48 Å². The van der Waals surface area contributed by atoms with Crippen LogP contribution in [0.4, 0.5) is 0 Å². The average molecular weight is 182 g/mol. The molecule has 0 bridgehead atoms. The summed E-state index contributed by atoms with van der Waals surface area (Å²) in [5, 5.41) is 0. The predicted molar refractivity (Wildman–Crippen MR) is 55.9 cm³/mol. The van der Waals surface area contributed by atoms with E-state index < -0.39 is 0 Å². The van der Waals surface area contributed by atoms with Crippen LogP contribution >= 0.6 is 0 Å². The normalized spacial score (nSPS) is 38.3. The zero-order valence-electron chi connectivity index (χ0n) is 9.00. The van der Waals surface area contributed by atoms with Crippen LogP contribution in [0.2, 0.25) is 0 Å². The summed E-state index contributed by atoms with van der Waals surface area (Å²) < 4.78 is 0. The Morgan fingerprint density at radius 2 is 1.77 bits per heavy atom. The third-order valence-corrected chi connectivity index (χ3v) is 3.48. The number of hydrogen-bond donors (Lipinski definition) is 0. The summed E-state index contributed by atoms with van der Waals surface area (Å²) in [5.41, 5.74) is 0. The minimum absolute atomic E-state index is 0.858. The minimum atomic E-state index is 0.858. The lowest BCUT2D eigenvalue weighted by Gasteiger charge is -2.38. The van der Waals surface area contributed by atoms with Crippen LogP contribution in [0.25, 0.3) is 0 Å². The second-order valence-electron chi connectivity index (χ2n) is 4.96. The molecule has 0 aromatic heterocycles. The van der Waals surface area contributed by atoms with Crippen LogP contribution in [0, 0.1) is 5.92 Å². The van der Waals surface area contributed by atoms with Gasteiger partial charge in [-0.3, -0.25) is 4.90 Å². The van der Waals surface area contributed by atoms with E-state index in [9.17, 15) is 0 Å². The van der Waals surface area contributed by atoms with Crippen LogP contribution in [-0.4, -0.2) is 49.1 Å². The summed E-state index contributed by atoms with van der Waals surface area (Å²) in [4.78, 5) is 5.20. The Labute approximate surface area is 81.9 Å². The standard InChI is InChI=1S/C11H22N2/c1-10-7-11(9-12(2)8-10)13-5-3-4-6-13/h10-11H,3-9H2,1-2H3. The van der Waals surface area contributed by atoms with Gasteiger partial charge in [-0.05, 0) is 45.3 Å². The second-order valence-corrected chi connectivity index (χ2v) is 4.96. The molecule has 2 fully saturated rings. The molecule has 2 aliphatic heterocycles. The first-order valence-electron chi connectivity index (χ1n) is 5.68. The first-order valence-corrected chi connectivity index (χ1v) is 5.68. The summed E-state index contributed by atoms with van der Waals surface area (Å²) >= 11 is 0. The van der Waals surface area contributed by atoms with Crippen LogP contribution in [0.5, 0.6) is 0 Å². The molecule has 2 saturated heterocycles. The lowest BCUT2D eigenvalue weighted by Crippen LogP contribution is -2.48. The van der Waals surface area contributed by atoms with Gasteiger partial charge in [-0.1, -0.05) is 6.92 Å². The molecule has 0 spiro atoms. The third-order valence-electron chi connectivity index (χ3n) is 3.48. The van der Waals surface area contributed by atoms with Gasteiger partial charge in [-0.25, -0.2) is 0 Å². The maximum absolute atomic E-state index is 2.70. The van der Waals surface area contributed by atoms with Gasteiger partial charge >= 0.3 is 0 Å². The molecule has 2 heterocycles. The Hall–Kier alpha value is -0.0800. The number of likely N-dealkylation sites (N-methyl/N-ethyl adjacent to an activating group) is 1. The smallest absolute Gasteiger partial charge is 0.0226 e. The average Bonchev–Trinajstić information content (AvgIpc) is 2.53. The molecule has 2 rings (SSSR count). The monoisotopic (exact) mass is 182 g/mol. The quantitative estimate of drug-likeness (QED) is 0.605. The van der Waals surface area contributed by atoms with Crippen molar-refractivity contribution >= 4 is 0 Å². The third kappa shape index (κ3) is 2.23. The molecule has 0 aromatic rings. The highest BCUT2D eigenvalue weighted by Gasteiger charge is 2.28.